The van der Waals surface area contributed by atoms with E-state index in [1.54, 1.807) is 0 Å². The average Bonchev–Trinajstić information content (AvgIpc) is 2.34. The third kappa shape index (κ3) is 5.04. The molecule has 0 radical (unpaired) electrons. The Morgan fingerprint density at radius 3 is 2.82 bits per heavy atom. The standard InChI is InChI=1S/C13H26N2O2/c1-2-3-7-11(14)13(17)15-9-10-6-4-5-8-12(10)16/h10-12,16H,2-9,14H2,1H3,(H,15,17)/t10?,11-,12?/m0/s1. The van der Waals surface area contributed by atoms with E-state index >= 15 is 0 Å². The second-order valence-electron chi connectivity index (χ2n) is 5.11. The third-order valence-corrected chi connectivity index (χ3v) is 3.61. The maximum absolute atomic E-state index is 11.7. The largest absolute Gasteiger partial charge is 0.393 e. The van der Waals surface area contributed by atoms with Gasteiger partial charge in [0, 0.05) is 12.5 Å². The summed E-state index contributed by atoms with van der Waals surface area (Å²) in [5.74, 6) is 0.141. The highest BCUT2D eigenvalue weighted by molar-refractivity contribution is 5.81. The highest BCUT2D eigenvalue weighted by atomic mass is 16.3. The molecule has 17 heavy (non-hydrogen) atoms. The Balaban J connectivity index is 2.22. The summed E-state index contributed by atoms with van der Waals surface area (Å²) < 4.78 is 0. The number of hydrogen-bond donors (Lipinski definition) is 3. The summed E-state index contributed by atoms with van der Waals surface area (Å²) in [6, 6.07) is -0.393. The van der Waals surface area contributed by atoms with Crippen molar-refractivity contribution in [3.8, 4) is 0 Å². The summed E-state index contributed by atoms with van der Waals surface area (Å²) in [5, 5.41) is 12.6. The molecule has 1 rings (SSSR count). The fourth-order valence-corrected chi connectivity index (χ4v) is 2.34. The highest BCUT2D eigenvalue weighted by Crippen LogP contribution is 2.23. The van der Waals surface area contributed by atoms with Gasteiger partial charge in [0.2, 0.25) is 5.91 Å². The summed E-state index contributed by atoms with van der Waals surface area (Å²) in [7, 11) is 0. The molecule has 2 unspecified atom stereocenters. The second kappa shape index (κ2) is 7.67. The van der Waals surface area contributed by atoms with Gasteiger partial charge in [-0.3, -0.25) is 4.79 Å². The van der Waals surface area contributed by atoms with Crippen molar-refractivity contribution in [3.05, 3.63) is 0 Å². The van der Waals surface area contributed by atoms with E-state index in [2.05, 4.69) is 12.2 Å². The van der Waals surface area contributed by atoms with Crippen LogP contribution in [0.1, 0.15) is 51.9 Å². The Morgan fingerprint density at radius 2 is 2.18 bits per heavy atom. The van der Waals surface area contributed by atoms with Gasteiger partial charge < -0.3 is 16.2 Å². The van der Waals surface area contributed by atoms with Crippen LogP contribution in [0, 0.1) is 5.92 Å². The van der Waals surface area contributed by atoms with Crippen molar-refractivity contribution in [2.24, 2.45) is 11.7 Å². The number of carbonyl (C=O) groups is 1. The number of nitrogens with two attached hydrogens (primary N) is 1. The maximum atomic E-state index is 11.7. The number of carbonyl (C=O) groups excluding carboxylic acids is 1. The molecule has 4 heteroatoms. The average molecular weight is 242 g/mol. The normalized spacial score (nSPS) is 26.5. The van der Waals surface area contributed by atoms with Crippen LogP contribution in [-0.4, -0.2) is 29.7 Å². The Hall–Kier alpha value is -0.610. The van der Waals surface area contributed by atoms with Crippen molar-refractivity contribution in [2.75, 3.05) is 6.54 Å². The van der Waals surface area contributed by atoms with Gasteiger partial charge in [0.05, 0.1) is 12.1 Å². The minimum atomic E-state index is -0.393. The van der Waals surface area contributed by atoms with Crippen LogP contribution in [0.2, 0.25) is 0 Å². The Bertz CT molecular complexity index is 233. The zero-order valence-corrected chi connectivity index (χ0v) is 10.8. The fourth-order valence-electron chi connectivity index (χ4n) is 2.34. The van der Waals surface area contributed by atoms with Gasteiger partial charge in [-0.2, -0.15) is 0 Å². The van der Waals surface area contributed by atoms with Gasteiger partial charge in [0.25, 0.3) is 0 Å². The molecule has 0 saturated heterocycles. The first kappa shape index (κ1) is 14.5. The molecule has 0 aromatic carbocycles. The quantitative estimate of drug-likeness (QED) is 0.654. The SMILES string of the molecule is CCCC[C@H](N)C(=O)NCC1CCCCC1O. The molecule has 100 valence electrons. The van der Waals surface area contributed by atoms with Gasteiger partial charge in [0.15, 0.2) is 0 Å². The summed E-state index contributed by atoms with van der Waals surface area (Å²) in [4.78, 5) is 11.7. The monoisotopic (exact) mass is 242 g/mol. The predicted octanol–water partition coefficient (Wildman–Crippen LogP) is 1.17. The second-order valence-corrected chi connectivity index (χ2v) is 5.11. The van der Waals surface area contributed by atoms with Gasteiger partial charge in [0.1, 0.15) is 0 Å². The van der Waals surface area contributed by atoms with E-state index in [9.17, 15) is 9.90 Å². The molecule has 3 atom stereocenters. The molecule has 4 nitrogen and oxygen atoms in total. The molecule has 1 fully saturated rings. The van der Waals surface area contributed by atoms with Crippen molar-refractivity contribution in [3.63, 3.8) is 0 Å². The van der Waals surface area contributed by atoms with Crippen molar-refractivity contribution >= 4 is 5.91 Å². The molecule has 4 N–H and O–H groups in total. The van der Waals surface area contributed by atoms with E-state index in [0.29, 0.717) is 6.54 Å². The number of nitrogens with one attached hydrogen (secondary N) is 1. The zero-order valence-electron chi connectivity index (χ0n) is 10.8. The maximum Gasteiger partial charge on any atom is 0.236 e. The van der Waals surface area contributed by atoms with Gasteiger partial charge in [-0.05, 0) is 19.3 Å². The summed E-state index contributed by atoms with van der Waals surface area (Å²) in [5.41, 5.74) is 5.78. The minimum absolute atomic E-state index is 0.0729. The first-order chi connectivity index (χ1) is 8.15. The van der Waals surface area contributed by atoms with E-state index in [0.717, 1.165) is 44.9 Å². The van der Waals surface area contributed by atoms with Gasteiger partial charge in [-0.1, -0.05) is 32.6 Å². The van der Waals surface area contributed by atoms with Crippen LogP contribution in [-0.2, 0) is 4.79 Å². The first-order valence-electron chi connectivity index (χ1n) is 6.86. The van der Waals surface area contributed by atoms with Gasteiger partial charge in [-0.25, -0.2) is 0 Å². The third-order valence-electron chi connectivity index (χ3n) is 3.61. The number of amides is 1. The molecule has 0 aromatic rings. The number of hydrogen-bond acceptors (Lipinski definition) is 3. The van der Waals surface area contributed by atoms with Gasteiger partial charge >= 0.3 is 0 Å². The Labute approximate surface area is 104 Å². The molecule has 1 amide bonds. The number of rotatable bonds is 6. The number of aliphatic hydroxyl groups excluding tert-OH is 1. The molecule has 1 aliphatic carbocycles. The van der Waals surface area contributed by atoms with E-state index in [1.165, 1.54) is 0 Å². The predicted molar refractivity (Wildman–Crippen MR) is 68.5 cm³/mol. The first-order valence-corrected chi connectivity index (χ1v) is 6.86. The molecule has 0 heterocycles. The minimum Gasteiger partial charge on any atom is -0.393 e. The lowest BCUT2D eigenvalue weighted by atomic mass is 9.86. The Kier molecular flexibility index (Phi) is 6.52. The lowest BCUT2D eigenvalue weighted by Crippen LogP contribution is -2.44. The zero-order chi connectivity index (χ0) is 12.7. The van der Waals surface area contributed by atoms with E-state index < -0.39 is 6.04 Å². The molecule has 0 aliphatic heterocycles. The van der Waals surface area contributed by atoms with Crippen molar-refractivity contribution in [1.82, 2.24) is 5.32 Å². The molecule has 1 aliphatic rings. The van der Waals surface area contributed by atoms with Crippen LogP contribution in [0.3, 0.4) is 0 Å². The van der Waals surface area contributed by atoms with Crippen molar-refractivity contribution < 1.29 is 9.90 Å². The summed E-state index contributed by atoms with van der Waals surface area (Å²) in [6.07, 6.45) is 6.66. The number of unbranched alkanes of at least 4 members (excludes halogenated alkanes) is 1. The van der Waals surface area contributed by atoms with E-state index in [-0.39, 0.29) is 17.9 Å². The van der Waals surface area contributed by atoms with Gasteiger partial charge in [-0.15, -0.1) is 0 Å². The van der Waals surface area contributed by atoms with Crippen molar-refractivity contribution in [2.45, 2.75) is 64.0 Å². The van der Waals surface area contributed by atoms with Crippen LogP contribution in [0.25, 0.3) is 0 Å². The number of aliphatic hydroxyl groups is 1. The van der Waals surface area contributed by atoms with Crippen LogP contribution >= 0.6 is 0 Å². The molecule has 0 aromatic heterocycles. The fraction of sp³-hybridized carbons (Fsp3) is 0.923. The molecule has 0 bridgehead atoms. The molecular formula is C13H26N2O2. The van der Waals surface area contributed by atoms with Crippen LogP contribution in [0.5, 0.6) is 0 Å². The highest BCUT2D eigenvalue weighted by Gasteiger charge is 2.24. The van der Waals surface area contributed by atoms with Crippen molar-refractivity contribution in [1.29, 1.82) is 0 Å². The summed E-state index contributed by atoms with van der Waals surface area (Å²) >= 11 is 0. The molecular weight excluding hydrogens is 216 g/mol. The smallest absolute Gasteiger partial charge is 0.236 e. The lowest BCUT2D eigenvalue weighted by Gasteiger charge is -2.28. The van der Waals surface area contributed by atoms with E-state index in [4.69, 9.17) is 5.73 Å². The van der Waals surface area contributed by atoms with Crippen LogP contribution in [0.4, 0.5) is 0 Å². The Morgan fingerprint density at radius 1 is 1.47 bits per heavy atom. The van der Waals surface area contributed by atoms with E-state index in [1.807, 2.05) is 0 Å². The molecule has 0 spiro atoms. The van der Waals surface area contributed by atoms with Crippen LogP contribution in [0.15, 0.2) is 0 Å². The molecule has 1 saturated carbocycles. The summed E-state index contributed by atoms with van der Waals surface area (Å²) in [6.45, 7) is 2.66. The topological polar surface area (TPSA) is 75.4 Å². The lowest BCUT2D eigenvalue weighted by molar-refractivity contribution is -0.123. The van der Waals surface area contributed by atoms with Crippen LogP contribution < -0.4 is 11.1 Å².